The van der Waals surface area contributed by atoms with Gasteiger partial charge in [0.05, 0.1) is 16.2 Å². The van der Waals surface area contributed by atoms with E-state index in [4.69, 9.17) is 28.2 Å². The molecule has 4 rings (SSSR count). The van der Waals surface area contributed by atoms with Crippen LogP contribution in [0.15, 0.2) is 47.5 Å². The molecule has 1 heterocycles. The van der Waals surface area contributed by atoms with Gasteiger partial charge in [-0.1, -0.05) is 60.7 Å². The fourth-order valence-electron chi connectivity index (χ4n) is 3.82. The van der Waals surface area contributed by atoms with E-state index in [9.17, 15) is 0 Å². The zero-order valence-electron chi connectivity index (χ0n) is 14.0. The summed E-state index contributed by atoms with van der Waals surface area (Å²) in [4.78, 5) is 4.94. The van der Waals surface area contributed by atoms with Crippen molar-refractivity contribution >= 4 is 40.4 Å². The van der Waals surface area contributed by atoms with Gasteiger partial charge in [0.15, 0.2) is 0 Å². The molecule has 1 aliphatic carbocycles. The Morgan fingerprint density at radius 3 is 2.64 bits per heavy atom. The summed E-state index contributed by atoms with van der Waals surface area (Å²) in [6.45, 7) is 0.697. The second kappa shape index (κ2) is 6.89. The highest BCUT2D eigenvalue weighted by Crippen LogP contribution is 2.43. The van der Waals surface area contributed by atoms with E-state index in [0.29, 0.717) is 11.6 Å². The zero-order valence-corrected chi connectivity index (χ0v) is 15.5. The maximum absolute atomic E-state index is 6.38. The second-order valence-corrected chi connectivity index (χ2v) is 7.69. The maximum Gasteiger partial charge on any atom is 0.128 e. The molecule has 25 heavy (non-hydrogen) atoms. The van der Waals surface area contributed by atoms with Gasteiger partial charge in [-0.2, -0.15) is 0 Å². The first-order valence-electron chi connectivity index (χ1n) is 8.80. The van der Waals surface area contributed by atoms with Crippen molar-refractivity contribution in [2.45, 2.75) is 44.2 Å². The van der Waals surface area contributed by atoms with Gasteiger partial charge in [-0.3, -0.25) is 0 Å². The number of nitrogens with zero attached hydrogens (tertiary/aromatic N) is 1. The number of anilines is 1. The Kier molecular flexibility index (Phi) is 4.61. The summed E-state index contributed by atoms with van der Waals surface area (Å²) >= 11 is 12.5. The van der Waals surface area contributed by atoms with Gasteiger partial charge in [-0.25, -0.2) is 4.99 Å². The Morgan fingerprint density at radius 2 is 1.84 bits per heavy atom. The third-order valence-electron chi connectivity index (χ3n) is 5.09. The number of fused-ring (bicyclic) bond motifs is 1. The molecular formula is C20H21Cl2N3. The second-order valence-electron chi connectivity index (χ2n) is 6.85. The predicted octanol–water partition coefficient (Wildman–Crippen LogP) is 5.94. The normalized spacial score (nSPS) is 18.2. The molecule has 0 amide bonds. The number of hydrogen-bond acceptors (Lipinski definition) is 3. The minimum Gasteiger partial charge on any atom is -0.371 e. The third kappa shape index (κ3) is 3.36. The monoisotopic (exact) mass is 373 g/mol. The van der Waals surface area contributed by atoms with Crippen molar-refractivity contribution in [2.75, 3.05) is 5.32 Å². The van der Waals surface area contributed by atoms with Crippen LogP contribution < -0.4 is 10.6 Å². The zero-order chi connectivity index (χ0) is 17.3. The van der Waals surface area contributed by atoms with Gasteiger partial charge in [0, 0.05) is 11.6 Å². The number of rotatable bonds is 2. The van der Waals surface area contributed by atoms with E-state index in [2.05, 4.69) is 22.8 Å². The summed E-state index contributed by atoms with van der Waals surface area (Å²) in [7, 11) is 0. The van der Waals surface area contributed by atoms with Gasteiger partial charge in [0.1, 0.15) is 11.5 Å². The number of nitrogens with one attached hydrogen (secondary N) is 2. The standard InChI is InChI=1S/C20H21Cl2N3/c21-15-7-4-6-14(12-15)13-23-19-20(10-2-1-3-11-20)25-17-9-5-8-16(22)18(17)24-19/h4-9,12,25H,1-3,10-11,13H2,(H,23,24). The summed E-state index contributed by atoms with van der Waals surface area (Å²) in [6.07, 6.45) is 5.87. The molecule has 1 aliphatic heterocycles. The van der Waals surface area contributed by atoms with Crippen LogP contribution in [0.25, 0.3) is 0 Å². The molecule has 2 aromatic carbocycles. The SMILES string of the molecule is Clc1cccc(CNC2=Nc3c(Cl)cccc3NC23CCCCC3)c1. The first-order valence-corrected chi connectivity index (χ1v) is 9.56. The molecule has 2 aromatic rings. The van der Waals surface area contributed by atoms with E-state index >= 15 is 0 Å². The number of hydrogen-bond donors (Lipinski definition) is 2. The topological polar surface area (TPSA) is 36.4 Å². The van der Waals surface area contributed by atoms with Crippen LogP contribution >= 0.6 is 23.2 Å². The Balaban J connectivity index is 1.66. The molecule has 1 saturated carbocycles. The Hall–Kier alpha value is -1.71. The van der Waals surface area contributed by atoms with Crippen LogP contribution in [0.4, 0.5) is 11.4 Å². The highest BCUT2D eigenvalue weighted by molar-refractivity contribution is 6.34. The average Bonchev–Trinajstić information content (AvgIpc) is 2.61. The third-order valence-corrected chi connectivity index (χ3v) is 5.63. The molecule has 1 spiro atoms. The van der Waals surface area contributed by atoms with E-state index in [1.807, 2.05) is 30.3 Å². The van der Waals surface area contributed by atoms with Crippen molar-refractivity contribution in [3.05, 3.63) is 58.1 Å². The molecule has 0 aromatic heterocycles. The highest BCUT2D eigenvalue weighted by Gasteiger charge is 2.40. The molecule has 2 N–H and O–H groups in total. The van der Waals surface area contributed by atoms with E-state index in [-0.39, 0.29) is 5.54 Å². The van der Waals surface area contributed by atoms with Gasteiger partial charge in [-0.15, -0.1) is 0 Å². The molecule has 0 unspecified atom stereocenters. The lowest BCUT2D eigenvalue weighted by molar-refractivity contribution is 0.396. The van der Waals surface area contributed by atoms with Crippen molar-refractivity contribution in [3.63, 3.8) is 0 Å². The van der Waals surface area contributed by atoms with Gasteiger partial charge in [0.2, 0.25) is 0 Å². The lowest BCUT2D eigenvalue weighted by atomic mass is 9.79. The van der Waals surface area contributed by atoms with Gasteiger partial charge >= 0.3 is 0 Å². The molecule has 130 valence electrons. The van der Waals surface area contributed by atoms with Crippen molar-refractivity contribution in [3.8, 4) is 0 Å². The first kappa shape index (κ1) is 16.7. The van der Waals surface area contributed by atoms with Crippen molar-refractivity contribution < 1.29 is 0 Å². The number of benzene rings is 2. The quantitative estimate of drug-likeness (QED) is 0.682. The number of para-hydroxylation sites is 1. The highest BCUT2D eigenvalue weighted by atomic mass is 35.5. The predicted molar refractivity (Wildman–Crippen MR) is 106 cm³/mol. The van der Waals surface area contributed by atoms with Gasteiger partial charge in [-0.05, 0) is 42.7 Å². The van der Waals surface area contributed by atoms with Crippen LogP contribution in [0.1, 0.15) is 37.7 Å². The molecule has 0 saturated heterocycles. The molecule has 0 bridgehead atoms. The fourth-order valence-corrected chi connectivity index (χ4v) is 4.25. The summed E-state index contributed by atoms with van der Waals surface area (Å²) in [5.74, 6) is 0.993. The largest absolute Gasteiger partial charge is 0.371 e. The van der Waals surface area contributed by atoms with Crippen LogP contribution in [0.5, 0.6) is 0 Å². The van der Waals surface area contributed by atoms with Crippen LogP contribution in [0.3, 0.4) is 0 Å². The Morgan fingerprint density at radius 1 is 1.04 bits per heavy atom. The van der Waals surface area contributed by atoms with Crippen molar-refractivity contribution in [1.82, 2.24) is 5.32 Å². The molecule has 1 fully saturated rings. The summed E-state index contributed by atoms with van der Waals surface area (Å²) in [6, 6.07) is 13.9. The molecule has 5 heteroatoms. The van der Waals surface area contributed by atoms with Crippen LogP contribution in [-0.2, 0) is 6.54 Å². The number of halogens is 2. The fraction of sp³-hybridized carbons (Fsp3) is 0.350. The molecular weight excluding hydrogens is 353 g/mol. The van der Waals surface area contributed by atoms with Crippen molar-refractivity contribution in [1.29, 1.82) is 0 Å². The first-order chi connectivity index (χ1) is 12.2. The molecule has 0 atom stereocenters. The van der Waals surface area contributed by atoms with Gasteiger partial charge < -0.3 is 10.6 Å². The summed E-state index contributed by atoms with van der Waals surface area (Å²) in [5, 5.41) is 8.74. The van der Waals surface area contributed by atoms with Crippen LogP contribution in [-0.4, -0.2) is 11.4 Å². The number of amidine groups is 1. The van der Waals surface area contributed by atoms with Crippen LogP contribution in [0, 0.1) is 0 Å². The van der Waals surface area contributed by atoms with Crippen LogP contribution in [0.2, 0.25) is 10.0 Å². The molecule has 3 nitrogen and oxygen atoms in total. The van der Waals surface area contributed by atoms with E-state index in [0.717, 1.165) is 40.6 Å². The Bertz CT molecular complexity index is 810. The minimum absolute atomic E-state index is 0.117. The number of aliphatic imine (C=N–C) groups is 1. The average molecular weight is 374 g/mol. The lowest BCUT2D eigenvalue weighted by Crippen LogP contribution is -2.54. The van der Waals surface area contributed by atoms with E-state index in [1.54, 1.807) is 0 Å². The lowest BCUT2D eigenvalue weighted by Gasteiger charge is -2.43. The smallest absolute Gasteiger partial charge is 0.128 e. The maximum atomic E-state index is 6.38. The van der Waals surface area contributed by atoms with Crippen molar-refractivity contribution in [2.24, 2.45) is 4.99 Å². The molecule has 0 radical (unpaired) electrons. The Labute approximate surface area is 158 Å². The van der Waals surface area contributed by atoms with Gasteiger partial charge in [0.25, 0.3) is 0 Å². The van der Waals surface area contributed by atoms with E-state index < -0.39 is 0 Å². The van der Waals surface area contributed by atoms with E-state index in [1.165, 1.54) is 19.3 Å². The minimum atomic E-state index is -0.117. The molecule has 2 aliphatic rings. The summed E-state index contributed by atoms with van der Waals surface area (Å²) in [5.41, 5.74) is 2.89. The summed E-state index contributed by atoms with van der Waals surface area (Å²) < 4.78 is 0.